The van der Waals surface area contributed by atoms with Gasteiger partial charge in [-0.25, -0.2) is 0 Å². The summed E-state index contributed by atoms with van der Waals surface area (Å²) in [5.74, 6) is 0.830. The molecule has 2 N–H and O–H groups in total. The van der Waals surface area contributed by atoms with Gasteiger partial charge in [0.2, 0.25) is 0 Å². The first-order valence-electron chi connectivity index (χ1n) is 6.93. The van der Waals surface area contributed by atoms with E-state index in [4.69, 9.17) is 23.2 Å². The van der Waals surface area contributed by atoms with E-state index in [-0.39, 0.29) is 0 Å². The number of unbranched alkanes of at least 4 members (excludes halogenated alkanes) is 1. The zero-order chi connectivity index (χ0) is 13.4. The van der Waals surface area contributed by atoms with Crippen LogP contribution in [0, 0.1) is 5.92 Å². The van der Waals surface area contributed by atoms with Gasteiger partial charge in [-0.3, -0.25) is 0 Å². The van der Waals surface area contributed by atoms with Crippen LogP contribution in [0.15, 0.2) is 18.2 Å². The second kappa shape index (κ2) is 8.79. The molecule has 0 aliphatic rings. The fourth-order valence-corrected chi connectivity index (χ4v) is 2.63. The standard InChI is InChI=1S/C15H23Cl2N/c1-3-5-6-12(4-2)10-18-11-13-7-8-14(16)9-15(13)17/h7-9,12,18H,3-6,10-11H2,1-2H3/p+1/t12-/m0/s1. The Morgan fingerprint density at radius 1 is 1.22 bits per heavy atom. The molecule has 0 bridgehead atoms. The third kappa shape index (κ3) is 5.60. The molecule has 0 aliphatic carbocycles. The molecular weight excluding hydrogens is 265 g/mol. The van der Waals surface area contributed by atoms with Crippen molar-refractivity contribution in [2.45, 2.75) is 46.1 Å². The molecule has 0 amide bonds. The van der Waals surface area contributed by atoms with Crippen molar-refractivity contribution in [3.8, 4) is 0 Å². The number of benzene rings is 1. The van der Waals surface area contributed by atoms with Crippen LogP contribution in [0.2, 0.25) is 10.0 Å². The molecule has 0 fully saturated rings. The van der Waals surface area contributed by atoms with Gasteiger partial charge in [-0.05, 0) is 25.0 Å². The highest BCUT2D eigenvalue weighted by Gasteiger charge is 2.09. The molecule has 0 aromatic heterocycles. The predicted molar refractivity (Wildman–Crippen MR) is 80.3 cm³/mol. The molecule has 0 aliphatic heterocycles. The molecule has 1 atom stereocenters. The first-order valence-corrected chi connectivity index (χ1v) is 7.68. The van der Waals surface area contributed by atoms with E-state index in [9.17, 15) is 0 Å². The lowest BCUT2D eigenvalue weighted by Crippen LogP contribution is -2.84. The van der Waals surface area contributed by atoms with Gasteiger partial charge in [0.25, 0.3) is 0 Å². The number of hydrogen-bond donors (Lipinski definition) is 1. The molecule has 3 heteroatoms. The summed E-state index contributed by atoms with van der Waals surface area (Å²) in [6.45, 7) is 6.67. The molecule has 0 radical (unpaired) electrons. The van der Waals surface area contributed by atoms with Gasteiger partial charge in [0.1, 0.15) is 6.54 Å². The molecule has 1 aromatic carbocycles. The van der Waals surface area contributed by atoms with E-state index in [0.29, 0.717) is 5.02 Å². The van der Waals surface area contributed by atoms with Crippen molar-refractivity contribution in [2.75, 3.05) is 6.54 Å². The summed E-state index contributed by atoms with van der Waals surface area (Å²) in [7, 11) is 0. The van der Waals surface area contributed by atoms with E-state index in [1.165, 1.54) is 37.8 Å². The van der Waals surface area contributed by atoms with Crippen LogP contribution in [0.25, 0.3) is 0 Å². The van der Waals surface area contributed by atoms with Crippen LogP contribution in [0.5, 0.6) is 0 Å². The summed E-state index contributed by atoms with van der Waals surface area (Å²) in [5, 5.41) is 3.84. The third-order valence-electron chi connectivity index (χ3n) is 3.42. The minimum Gasteiger partial charge on any atom is -0.342 e. The van der Waals surface area contributed by atoms with Crippen LogP contribution in [0.4, 0.5) is 0 Å². The average Bonchev–Trinajstić information content (AvgIpc) is 2.36. The van der Waals surface area contributed by atoms with Gasteiger partial charge in [-0.2, -0.15) is 0 Å². The summed E-state index contributed by atoms with van der Waals surface area (Å²) >= 11 is 12.0. The smallest absolute Gasteiger partial charge is 0.103 e. The van der Waals surface area contributed by atoms with Gasteiger partial charge in [0.15, 0.2) is 0 Å². The zero-order valence-electron chi connectivity index (χ0n) is 11.4. The second-order valence-corrected chi connectivity index (χ2v) is 5.72. The molecule has 0 saturated carbocycles. The lowest BCUT2D eigenvalue weighted by atomic mass is 9.99. The van der Waals surface area contributed by atoms with Crippen LogP contribution in [0.3, 0.4) is 0 Å². The van der Waals surface area contributed by atoms with Crippen LogP contribution in [-0.2, 0) is 6.54 Å². The van der Waals surface area contributed by atoms with Crippen LogP contribution < -0.4 is 5.32 Å². The van der Waals surface area contributed by atoms with Crippen molar-refractivity contribution in [2.24, 2.45) is 5.92 Å². The van der Waals surface area contributed by atoms with Crippen molar-refractivity contribution in [3.63, 3.8) is 0 Å². The number of halogens is 2. The minimum absolute atomic E-state index is 0.707. The maximum absolute atomic E-state index is 6.16. The predicted octanol–water partition coefficient (Wildman–Crippen LogP) is 4.27. The van der Waals surface area contributed by atoms with Crippen molar-refractivity contribution >= 4 is 23.2 Å². The van der Waals surface area contributed by atoms with E-state index in [1.807, 2.05) is 18.2 Å². The Morgan fingerprint density at radius 3 is 2.61 bits per heavy atom. The summed E-state index contributed by atoms with van der Waals surface area (Å²) < 4.78 is 0. The molecule has 0 heterocycles. The van der Waals surface area contributed by atoms with Crippen molar-refractivity contribution in [1.29, 1.82) is 0 Å². The van der Waals surface area contributed by atoms with Crippen LogP contribution in [-0.4, -0.2) is 6.54 Å². The summed E-state index contributed by atoms with van der Waals surface area (Å²) in [5.41, 5.74) is 1.17. The molecule has 18 heavy (non-hydrogen) atoms. The average molecular weight is 289 g/mol. The summed E-state index contributed by atoms with van der Waals surface area (Å²) in [4.78, 5) is 0. The number of nitrogens with two attached hydrogens (primary N) is 1. The van der Waals surface area contributed by atoms with Gasteiger partial charge in [0.05, 0.1) is 11.6 Å². The fourth-order valence-electron chi connectivity index (χ4n) is 2.14. The van der Waals surface area contributed by atoms with E-state index < -0.39 is 0 Å². The van der Waals surface area contributed by atoms with Crippen LogP contribution in [0.1, 0.15) is 45.1 Å². The lowest BCUT2D eigenvalue weighted by molar-refractivity contribution is -0.676. The van der Waals surface area contributed by atoms with E-state index in [1.54, 1.807) is 0 Å². The highest BCUT2D eigenvalue weighted by atomic mass is 35.5. The van der Waals surface area contributed by atoms with Gasteiger partial charge in [-0.1, -0.05) is 56.0 Å². The fraction of sp³-hybridized carbons (Fsp3) is 0.600. The maximum Gasteiger partial charge on any atom is 0.103 e. The lowest BCUT2D eigenvalue weighted by Gasteiger charge is -2.13. The van der Waals surface area contributed by atoms with Crippen molar-refractivity contribution < 1.29 is 5.32 Å². The van der Waals surface area contributed by atoms with E-state index >= 15 is 0 Å². The Balaban J connectivity index is 2.35. The maximum atomic E-state index is 6.16. The normalized spacial score (nSPS) is 12.7. The van der Waals surface area contributed by atoms with Gasteiger partial charge in [-0.15, -0.1) is 0 Å². The molecule has 102 valence electrons. The van der Waals surface area contributed by atoms with Crippen molar-refractivity contribution in [1.82, 2.24) is 0 Å². The summed E-state index contributed by atoms with van der Waals surface area (Å²) in [6.07, 6.45) is 5.25. The highest BCUT2D eigenvalue weighted by Crippen LogP contribution is 2.20. The topological polar surface area (TPSA) is 16.6 Å². The van der Waals surface area contributed by atoms with E-state index in [2.05, 4.69) is 19.2 Å². The zero-order valence-corrected chi connectivity index (χ0v) is 12.9. The van der Waals surface area contributed by atoms with Crippen LogP contribution >= 0.6 is 23.2 Å². The SMILES string of the molecule is CCCC[C@H](CC)C[NH2+]Cc1ccc(Cl)cc1Cl. The van der Waals surface area contributed by atoms with Gasteiger partial charge < -0.3 is 5.32 Å². The Morgan fingerprint density at radius 2 is 2.00 bits per heavy atom. The quantitative estimate of drug-likeness (QED) is 0.736. The van der Waals surface area contributed by atoms with Crippen molar-refractivity contribution in [3.05, 3.63) is 33.8 Å². The van der Waals surface area contributed by atoms with Gasteiger partial charge in [0, 0.05) is 16.5 Å². The third-order valence-corrected chi connectivity index (χ3v) is 4.01. The van der Waals surface area contributed by atoms with E-state index in [0.717, 1.165) is 17.5 Å². The number of rotatable bonds is 8. The first kappa shape index (κ1) is 15.8. The largest absolute Gasteiger partial charge is 0.342 e. The Bertz CT molecular complexity index is 352. The summed E-state index contributed by atoms with van der Waals surface area (Å²) in [6, 6.07) is 5.75. The monoisotopic (exact) mass is 288 g/mol. The molecule has 0 saturated heterocycles. The molecule has 1 rings (SSSR count). The molecule has 1 aromatic rings. The Hall–Kier alpha value is -0.240. The Kier molecular flexibility index (Phi) is 7.73. The molecule has 0 unspecified atom stereocenters. The molecule has 0 spiro atoms. The van der Waals surface area contributed by atoms with Gasteiger partial charge >= 0.3 is 0 Å². The number of hydrogen-bond acceptors (Lipinski definition) is 0. The Labute approximate surface area is 121 Å². The number of quaternary nitrogens is 1. The first-order chi connectivity index (χ1) is 8.67. The second-order valence-electron chi connectivity index (χ2n) is 4.88. The molecule has 1 nitrogen and oxygen atoms in total. The minimum atomic E-state index is 0.707. The highest BCUT2D eigenvalue weighted by molar-refractivity contribution is 6.35. The molecular formula is C15H24Cl2N+.